The molecule has 1 heterocycles. The van der Waals surface area contributed by atoms with Crippen LogP contribution in [-0.2, 0) is 0 Å². The molecule has 0 saturated carbocycles. The summed E-state index contributed by atoms with van der Waals surface area (Å²) in [4.78, 5) is 27.3. The van der Waals surface area contributed by atoms with Crippen molar-refractivity contribution in [2.45, 2.75) is 6.92 Å². The number of Topliss-reactive ketones (excluding diaryl/α,β-unsaturated/α-hetero) is 1. The summed E-state index contributed by atoms with van der Waals surface area (Å²) in [5.41, 5.74) is 1.31. The van der Waals surface area contributed by atoms with E-state index in [4.69, 9.17) is 11.6 Å². The van der Waals surface area contributed by atoms with Crippen molar-refractivity contribution in [2.24, 2.45) is 0 Å². The number of amides is 1. The Hall–Kier alpha value is -1.72. The molecule has 20 heavy (non-hydrogen) atoms. The number of hydrogen-bond acceptors (Lipinski definition) is 3. The van der Waals surface area contributed by atoms with Crippen LogP contribution in [0.4, 0.5) is 5.69 Å². The topological polar surface area (TPSA) is 59.1 Å². The van der Waals surface area contributed by atoms with Gasteiger partial charge in [-0.3, -0.25) is 9.59 Å². The molecule has 2 aromatic rings. The van der Waals surface area contributed by atoms with Crippen molar-refractivity contribution in [2.75, 3.05) is 5.32 Å². The SMILES string of the molecule is CC(=O)c1cccc(NC(=O)c2cc(Br)cnc2Cl)c1. The van der Waals surface area contributed by atoms with Crippen molar-refractivity contribution in [3.05, 3.63) is 57.3 Å². The summed E-state index contributed by atoms with van der Waals surface area (Å²) in [5, 5.41) is 2.80. The van der Waals surface area contributed by atoms with Crippen LogP contribution in [0, 0.1) is 0 Å². The minimum Gasteiger partial charge on any atom is -0.322 e. The van der Waals surface area contributed by atoms with Gasteiger partial charge in [0.05, 0.1) is 5.56 Å². The maximum absolute atomic E-state index is 12.1. The molecule has 0 aliphatic heterocycles. The van der Waals surface area contributed by atoms with Crippen molar-refractivity contribution in [3.63, 3.8) is 0 Å². The number of carbonyl (C=O) groups is 2. The molecular weight excluding hydrogens is 344 g/mol. The second-order valence-electron chi connectivity index (χ2n) is 4.08. The van der Waals surface area contributed by atoms with Gasteiger partial charge in [0.25, 0.3) is 5.91 Å². The van der Waals surface area contributed by atoms with Crippen LogP contribution < -0.4 is 5.32 Å². The lowest BCUT2D eigenvalue weighted by atomic mass is 10.1. The molecule has 1 N–H and O–H groups in total. The van der Waals surface area contributed by atoms with Gasteiger partial charge in [0.1, 0.15) is 5.15 Å². The third kappa shape index (κ3) is 3.43. The molecule has 1 amide bonds. The van der Waals surface area contributed by atoms with Crippen LogP contribution in [0.2, 0.25) is 5.15 Å². The van der Waals surface area contributed by atoms with Gasteiger partial charge in [0.15, 0.2) is 5.78 Å². The van der Waals surface area contributed by atoms with Crippen molar-refractivity contribution in [3.8, 4) is 0 Å². The van der Waals surface area contributed by atoms with Gasteiger partial charge in [0, 0.05) is 21.9 Å². The minimum atomic E-state index is -0.385. The van der Waals surface area contributed by atoms with E-state index >= 15 is 0 Å². The fraction of sp³-hybridized carbons (Fsp3) is 0.0714. The highest BCUT2D eigenvalue weighted by molar-refractivity contribution is 9.10. The van der Waals surface area contributed by atoms with E-state index in [2.05, 4.69) is 26.2 Å². The molecule has 2 rings (SSSR count). The number of nitrogens with zero attached hydrogens (tertiary/aromatic N) is 1. The van der Waals surface area contributed by atoms with Crippen LogP contribution in [0.25, 0.3) is 0 Å². The average Bonchev–Trinajstić information content (AvgIpc) is 2.41. The van der Waals surface area contributed by atoms with E-state index in [1.165, 1.54) is 13.1 Å². The molecule has 4 nitrogen and oxygen atoms in total. The monoisotopic (exact) mass is 352 g/mol. The lowest BCUT2D eigenvalue weighted by Crippen LogP contribution is -2.13. The van der Waals surface area contributed by atoms with Crippen molar-refractivity contribution in [1.82, 2.24) is 4.98 Å². The fourth-order valence-corrected chi connectivity index (χ4v) is 2.12. The first-order chi connectivity index (χ1) is 9.47. The average molecular weight is 354 g/mol. The molecule has 1 aromatic heterocycles. The minimum absolute atomic E-state index is 0.0664. The molecule has 102 valence electrons. The number of halogens is 2. The van der Waals surface area contributed by atoms with Crippen LogP contribution in [-0.4, -0.2) is 16.7 Å². The smallest absolute Gasteiger partial charge is 0.258 e. The molecule has 0 atom stereocenters. The van der Waals surface area contributed by atoms with Crippen LogP contribution >= 0.6 is 27.5 Å². The highest BCUT2D eigenvalue weighted by Gasteiger charge is 2.12. The number of rotatable bonds is 3. The molecule has 6 heteroatoms. The molecule has 0 aliphatic carbocycles. The van der Waals surface area contributed by atoms with Gasteiger partial charge in [-0.25, -0.2) is 4.98 Å². The largest absolute Gasteiger partial charge is 0.322 e. The fourth-order valence-electron chi connectivity index (χ4n) is 1.60. The zero-order valence-electron chi connectivity index (χ0n) is 10.5. The standard InChI is InChI=1S/C14H10BrClN2O2/c1-8(19)9-3-2-4-11(5-9)18-14(20)12-6-10(15)7-17-13(12)16/h2-7H,1H3,(H,18,20). The molecule has 0 spiro atoms. The summed E-state index contributed by atoms with van der Waals surface area (Å²) in [5.74, 6) is -0.451. The molecular formula is C14H10BrClN2O2. The van der Waals surface area contributed by atoms with Gasteiger partial charge >= 0.3 is 0 Å². The first kappa shape index (κ1) is 14.7. The third-order valence-electron chi connectivity index (χ3n) is 2.58. The Labute approximate surface area is 129 Å². The number of carbonyl (C=O) groups excluding carboxylic acids is 2. The third-order valence-corrected chi connectivity index (χ3v) is 3.31. The quantitative estimate of drug-likeness (QED) is 0.671. The van der Waals surface area contributed by atoms with E-state index in [9.17, 15) is 9.59 Å². The summed E-state index contributed by atoms with van der Waals surface area (Å²) in [6, 6.07) is 8.28. The van der Waals surface area contributed by atoms with E-state index in [1.54, 1.807) is 30.3 Å². The maximum Gasteiger partial charge on any atom is 0.258 e. The highest BCUT2D eigenvalue weighted by Crippen LogP contribution is 2.20. The van der Waals surface area contributed by atoms with E-state index in [-0.39, 0.29) is 22.4 Å². The summed E-state index contributed by atoms with van der Waals surface area (Å²) in [6.45, 7) is 1.47. The number of ketones is 1. The lowest BCUT2D eigenvalue weighted by Gasteiger charge is -2.07. The van der Waals surface area contributed by atoms with Gasteiger partial charge in [-0.2, -0.15) is 0 Å². The van der Waals surface area contributed by atoms with Crippen LogP contribution in [0.3, 0.4) is 0 Å². The van der Waals surface area contributed by atoms with E-state index < -0.39 is 0 Å². The Morgan fingerprint density at radius 3 is 2.75 bits per heavy atom. The summed E-state index contributed by atoms with van der Waals surface area (Å²) in [6.07, 6.45) is 1.51. The molecule has 0 unspecified atom stereocenters. The van der Waals surface area contributed by atoms with E-state index in [0.29, 0.717) is 15.7 Å². The normalized spacial score (nSPS) is 10.2. The molecule has 0 radical (unpaired) electrons. The lowest BCUT2D eigenvalue weighted by molar-refractivity contribution is 0.101. The highest BCUT2D eigenvalue weighted by atomic mass is 79.9. The first-order valence-corrected chi connectivity index (χ1v) is 6.88. The maximum atomic E-state index is 12.1. The van der Waals surface area contributed by atoms with Crippen molar-refractivity contribution >= 4 is 44.9 Å². The Balaban J connectivity index is 2.25. The Bertz CT molecular complexity index is 689. The molecule has 0 fully saturated rings. The van der Waals surface area contributed by atoms with Crippen LogP contribution in [0.1, 0.15) is 27.6 Å². The molecule has 1 aromatic carbocycles. The first-order valence-electron chi connectivity index (χ1n) is 5.71. The number of aromatic nitrogens is 1. The molecule has 0 bridgehead atoms. The Morgan fingerprint density at radius 2 is 2.05 bits per heavy atom. The Kier molecular flexibility index (Phi) is 4.52. The van der Waals surface area contributed by atoms with Crippen molar-refractivity contribution < 1.29 is 9.59 Å². The van der Waals surface area contributed by atoms with Crippen LogP contribution in [0.5, 0.6) is 0 Å². The number of nitrogens with one attached hydrogen (secondary N) is 1. The van der Waals surface area contributed by atoms with Gasteiger partial charge < -0.3 is 5.32 Å². The van der Waals surface area contributed by atoms with Crippen LogP contribution in [0.15, 0.2) is 41.0 Å². The number of pyridine rings is 1. The molecule has 0 saturated heterocycles. The van der Waals surface area contributed by atoms with E-state index in [0.717, 1.165) is 0 Å². The van der Waals surface area contributed by atoms with Gasteiger partial charge in [0.2, 0.25) is 0 Å². The summed E-state index contributed by atoms with van der Waals surface area (Å²) < 4.78 is 0.657. The number of anilines is 1. The van der Waals surface area contributed by atoms with E-state index in [1.807, 2.05) is 0 Å². The van der Waals surface area contributed by atoms with Gasteiger partial charge in [-0.15, -0.1) is 0 Å². The molecule has 0 aliphatic rings. The number of benzene rings is 1. The zero-order valence-corrected chi connectivity index (χ0v) is 12.8. The summed E-state index contributed by atoms with van der Waals surface area (Å²) >= 11 is 9.13. The predicted octanol–water partition coefficient (Wildman–Crippen LogP) is 3.95. The second-order valence-corrected chi connectivity index (χ2v) is 5.36. The zero-order chi connectivity index (χ0) is 14.7. The summed E-state index contributed by atoms with van der Waals surface area (Å²) in [7, 11) is 0. The predicted molar refractivity (Wildman–Crippen MR) is 81.3 cm³/mol. The van der Waals surface area contributed by atoms with Gasteiger partial charge in [-0.1, -0.05) is 23.7 Å². The number of hydrogen-bond donors (Lipinski definition) is 1. The second kappa shape index (κ2) is 6.15. The van der Waals surface area contributed by atoms with Gasteiger partial charge in [-0.05, 0) is 41.1 Å². The Morgan fingerprint density at radius 1 is 1.30 bits per heavy atom. The van der Waals surface area contributed by atoms with Crippen molar-refractivity contribution in [1.29, 1.82) is 0 Å².